The van der Waals surface area contributed by atoms with Gasteiger partial charge in [0.15, 0.2) is 4.96 Å². The van der Waals surface area contributed by atoms with E-state index in [0.717, 1.165) is 16.3 Å². The average molecular weight is 327 g/mol. The number of carbonyl (C=O) groups excluding carboxylic acids is 1. The summed E-state index contributed by atoms with van der Waals surface area (Å²) in [5, 5.41) is 2.82. The molecule has 3 rings (SSSR count). The first kappa shape index (κ1) is 15.3. The van der Waals surface area contributed by atoms with Gasteiger partial charge in [0, 0.05) is 17.2 Å². The molecule has 0 bridgehead atoms. The summed E-state index contributed by atoms with van der Waals surface area (Å²) in [4.78, 5) is 18.8. The molecular formula is C17H17N3O2S. The maximum absolute atomic E-state index is 12.1. The lowest BCUT2D eigenvalue weighted by molar-refractivity contribution is -0.111. The Bertz CT molecular complexity index is 893. The number of carbonyl (C=O) groups is 1. The summed E-state index contributed by atoms with van der Waals surface area (Å²) in [7, 11) is 1.58. The molecule has 118 valence electrons. The number of benzene rings is 1. The van der Waals surface area contributed by atoms with Crippen molar-refractivity contribution in [1.29, 1.82) is 0 Å². The first-order chi connectivity index (χ1) is 11.1. The Morgan fingerprint density at radius 2 is 2.13 bits per heavy atom. The maximum atomic E-state index is 12.1. The number of aromatic nitrogens is 2. The third kappa shape index (κ3) is 3.12. The Balaban J connectivity index is 1.81. The van der Waals surface area contributed by atoms with E-state index in [0.29, 0.717) is 11.4 Å². The van der Waals surface area contributed by atoms with E-state index in [1.54, 1.807) is 36.7 Å². The number of imidazole rings is 1. The number of amides is 1. The van der Waals surface area contributed by atoms with E-state index in [4.69, 9.17) is 4.74 Å². The van der Waals surface area contributed by atoms with Gasteiger partial charge in [-0.05, 0) is 32.1 Å². The van der Waals surface area contributed by atoms with Crippen molar-refractivity contribution < 1.29 is 9.53 Å². The van der Waals surface area contributed by atoms with Gasteiger partial charge in [0.05, 0.1) is 24.2 Å². The molecule has 0 saturated heterocycles. The largest absolute Gasteiger partial charge is 0.495 e. The highest BCUT2D eigenvalue weighted by molar-refractivity contribution is 7.17. The van der Waals surface area contributed by atoms with Crippen LogP contribution in [0.5, 0.6) is 5.75 Å². The molecule has 0 radical (unpaired) electrons. The molecule has 6 heteroatoms. The quantitative estimate of drug-likeness (QED) is 0.744. The minimum atomic E-state index is -0.212. The molecule has 2 heterocycles. The van der Waals surface area contributed by atoms with Crippen LogP contribution in [-0.4, -0.2) is 22.4 Å². The zero-order valence-corrected chi connectivity index (χ0v) is 14.0. The number of methoxy groups -OCH3 is 1. The molecule has 2 aromatic heterocycles. The molecule has 0 saturated carbocycles. The number of hydrogen-bond acceptors (Lipinski definition) is 4. The van der Waals surface area contributed by atoms with E-state index >= 15 is 0 Å². The van der Waals surface area contributed by atoms with Crippen LogP contribution < -0.4 is 10.1 Å². The number of rotatable bonds is 4. The van der Waals surface area contributed by atoms with Crippen molar-refractivity contribution in [1.82, 2.24) is 9.38 Å². The molecule has 0 aliphatic heterocycles. The number of nitrogens with zero attached hydrogens (tertiary/aromatic N) is 2. The van der Waals surface area contributed by atoms with E-state index in [1.807, 2.05) is 36.6 Å². The molecule has 0 atom stereocenters. The Morgan fingerprint density at radius 3 is 2.91 bits per heavy atom. The smallest absolute Gasteiger partial charge is 0.248 e. The second kappa shape index (κ2) is 6.26. The normalized spacial score (nSPS) is 11.3. The Kier molecular flexibility index (Phi) is 4.16. The van der Waals surface area contributed by atoms with Gasteiger partial charge in [-0.2, -0.15) is 0 Å². The van der Waals surface area contributed by atoms with E-state index < -0.39 is 0 Å². The molecule has 5 nitrogen and oxygen atoms in total. The SMILES string of the molecule is COc1ccccc1NC(=O)/C=C/c1c(C)nc2sc(C)cn12. The van der Waals surface area contributed by atoms with Gasteiger partial charge in [-0.3, -0.25) is 9.20 Å². The Hall–Kier alpha value is -2.60. The maximum Gasteiger partial charge on any atom is 0.248 e. The van der Waals surface area contributed by atoms with Crippen molar-refractivity contribution in [3.05, 3.63) is 52.8 Å². The van der Waals surface area contributed by atoms with Crippen LogP contribution >= 0.6 is 11.3 Å². The van der Waals surface area contributed by atoms with Crippen molar-refractivity contribution in [3.63, 3.8) is 0 Å². The minimum Gasteiger partial charge on any atom is -0.495 e. The van der Waals surface area contributed by atoms with Gasteiger partial charge in [0.2, 0.25) is 5.91 Å². The Morgan fingerprint density at radius 1 is 1.35 bits per heavy atom. The van der Waals surface area contributed by atoms with Crippen LogP contribution in [0.2, 0.25) is 0 Å². The lowest BCUT2D eigenvalue weighted by Gasteiger charge is -2.07. The molecule has 1 N–H and O–H groups in total. The molecule has 1 aromatic carbocycles. The summed E-state index contributed by atoms with van der Waals surface area (Å²) in [6.07, 6.45) is 5.32. The molecule has 23 heavy (non-hydrogen) atoms. The van der Waals surface area contributed by atoms with E-state index in [1.165, 1.54) is 11.0 Å². The fourth-order valence-corrected chi connectivity index (χ4v) is 3.24. The molecular weight excluding hydrogens is 310 g/mol. The van der Waals surface area contributed by atoms with Gasteiger partial charge in [-0.25, -0.2) is 4.98 Å². The predicted octanol–water partition coefficient (Wildman–Crippen LogP) is 3.67. The minimum absolute atomic E-state index is 0.212. The van der Waals surface area contributed by atoms with Crippen LogP contribution in [0.1, 0.15) is 16.3 Å². The number of anilines is 1. The van der Waals surface area contributed by atoms with Crippen LogP contribution in [0.25, 0.3) is 11.0 Å². The molecule has 1 amide bonds. The monoisotopic (exact) mass is 327 g/mol. The Labute approximate surface area is 138 Å². The summed E-state index contributed by atoms with van der Waals surface area (Å²) in [6, 6.07) is 7.31. The van der Waals surface area contributed by atoms with Gasteiger partial charge in [-0.15, -0.1) is 11.3 Å². The second-order valence-corrected chi connectivity index (χ2v) is 6.31. The van der Waals surface area contributed by atoms with Crippen LogP contribution in [0, 0.1) is 13.8 Å². The van der Waals surface area contributed by atoms with Crippen LogP contribution in [0.4, 0.5) is 5.69 Å². The lowest BCUT2D eigenvalue weighted by Crippen LogP contribution is -2.08. The predicted molar refractivity (Wildman–Crippen MR) is 93.2 cm³/mol. The van der Waals surface area contributed by atoms with Crippen molar-refractivity contribution >= 4 is 34.0 Å². The number of fused-ring (bicyclic) bond motifs is 1. The van der Waals surface area contributed by atoms with Crippen molar-refractivity contribution in [2.24, 2.45) is 0 Å². The molecule has 0 unspecified atom stereocenters. The van der Waals surface area contributed by atoms with Crippen LogP contribution in [0.3, 0.4) is 0 Å². The third-order valence-corrected chi connectivity index (χ3v) is 4.32. The zero-order chi connectivity index (χ0) is 16.4. The van der Waals surface area contributed by atoms with E-state index in [2.05, 4.69) is 10.3 Å². The number of para-hydroxylation sites is 2. The van der Waals surface area contributed by atoms with Gasteiger partial charge < -0.3 is 10.1 Å². The number of aryl methyl sites for hydroxylation is 2. The molecule has 0 fully saturated rings. The fraction of sp³-hybridized carbons (Fsp3) is 0.176. The molecule has 0 aliphatic rings. The highest BCUT2D eigenvalue weighted by Gasteiger charge is 2.09. The standard InChI is InChI=1S/C17H17N3O2S/c1-11-10-20-14(12(2)18-17(20)23-11)8-9-16(21)19-13-6-4-5-7-15(13)22-3/h4-10H,1-3H3,(H,19,21)/b9-8+. The van der Waals surface area contributed by atoms with Gasteiger partial charge in [0.25, 0.3) is 0 Å². The molecule has 0 spiro atoms. The lowest BCUT2D eigenvalue weighted by atomic mass is 10.2. The molecule has 3 aromatic rings. The summed E-state index contributed by atoms with van der Waals surface area (Å²) in [5.74, 6) is 0.418. The van der Waals surface area contributed by atoms with Crippen molar-refractivity contribution in [3.8, 4) is 5.75 Å². The van der Waals surface area contributed by atoms with Gasteiger partial charge >= 0.3 is 0 Å². The van der Waals surface area contributed by atoms with Crippen molar-refractivity contribution in [2.45, 2.75) is 13.8 Å². The van der Waals surface area contributed by atoms with Crippen LogP contribution in [0.15, 0.2) is 36.5 Å². The number of ether oxygens (including phenoxy) is 1. The summed E-state index contributed by atoms with van der Waals surface area (Å²) in [5.41, 5.74) is 2.46. The average Bonchev–Trinajstić information content (AvgIpc) is 3.01. The van der Waals surface area contributed by atoms with Crippen molar-refractivity contribution in [2.75, 3.05) is 12.4 Å². The zero-order valence-electron chi connectivity index (χ0n) is 13.2. The number of thiazole rings is 1. The number of nitrogens with one attached hydrogen (secondary N) is 1. The van der Waals surface area contributed by atoms with E-state index in [-0.39, 0.29) is 5.91 Å². The summed E-state index contributed by atoms with van der Waals surface area (Å²) in [6.45, 7) is 3.98. The first-order valence-electron chi connectivity index (χ1n) is 7.15. The number of hydrogen-bond donors (Lipinski definition) is 1. The third-order valence-electron chi connectivity index (χ3n) is 3.42. The fourth-order valence-electron chi connectivity index (χ4n) is 2.36. The van der Waals surface area contributed by atoms with Gasteiger partial charge in [-0.1, -0.05) is 12.1 Å². The summed E-state index contributed by atoms with van der Waals surface area (Å²) < 4.78 is 7.23. The van der Waals surface area contributed by atoms with E-state index in [9.17, 15) is 4.79 Å². The summed E-state index contributed by atoms with van der Waals surface area (Å²) >= 11 is 1.63. The highest BCUT2D eigenvalue weighted by Crippen LogP contribution is 2.24. The molecule has 0 aliphatic carbocycles. The topological polar surface area (TPSA) is 55.6 Å². The van der Waals surface area contributed by atoms with Crippen LogP contribution in [-0.2, 0) is 4.79 Å². The van der Waals surface area contributed by atoms with Gasteiger partial charge in [0.1, 0.15) is 5.75 Å². The second-order valence-electron chi connectivity index (χ2n) is 5.10. The highest BCUT2D eigenvalue weighted by atomic mass is 32.1. The first-order valence-corrected chi connectivity index (χ1v) is 7.97.